The second-order valence-corrected chi connectivity index (χ2v) is 6.93. The maximum atomic E-state index is 12.9. The predicted molar refractivity (Wildman–Crippen MR) is 98.5 cm³/mol. The summed E-state index contributed by atoms with van der Waals surface area (Å²) in [5.74, 6) is 0.0409. The number of fused-ring (bicyclic) bond motifs is 1. The normalized spacial score (nSPS) is 16.9. The van der Waals surface area contributed by atoms with E-state index in [-0.39, 0.29) is 5.91 Å². The number of aromatic nitrogens is 1. The van der Waals surface area contributed by atoms with Crippen LogP contribution in [0.15, 0.2) is 60.8 Å². The topological polar surface area (TPSA) is 56.3 Å². The van der Waals surface area contributed by atoms with E-state index in [1.807, 2.05) is 59.5 Å². The fraction of sp³-hybridized carbons (Fsp3) is 0.286. The van der Waals surface area contributed by atoms with Crippen LogP contribution in [0.4, 0.5) is 0 Å². The summed E-state index contributed by atoms with van der Waals surface area (Å²) in [5, 5.41) is 11.8. The Bertz CT molecular complexity index is 877. The lowest BCUT2D eigenvalue weighted by molar-refractivity contribution is -0.0161. The number of hydrogen-bond donors (Lipinski definition) is 2. The van der Waals surface area contributed by atoms with Crippen molar-refractivity contribution in [3.8, 4) is 0 Å². The molecule has 1 amide bonds. The van der Waals surface area contributed by atoms with E-state index in [1.165, 1.54) is 0 Å². The molecule has 4 rings (SSSR count). The molecule has 0 aliphatic carbocycles. The van der Waals surface area contributed by atoms with Gasteiger partial charge in [-0.05, 0) is 24.5 Å². The van der Waals surface area contributed by atoms with Crippen molar-refractivity contribution in [2.45, 2.75) is 24.9 Å². The van der Waals surface area contributed by atoms with Gasteiger partial charge in [0.2, 0.25) is 0 Å². The molecule has 1 aromatic heterocycles. The second kappa shape index (κ2) is 6.37. The van der Waals surface area contributed by atoms with Crippen LogP contribution in [0.25, 0.3) is 10.9 Å². The molecule has 3 aromatic rings. The molecule has 2 aromatic carbocycles. The lowest BCUT2D eigenvalue weighted by atomic mass is 9.85. The number of benzene rings is 2. The highest BCUT2D eigenvalue weighted by Gasteiger charge is 2.34. The third-order valence-corrected chi connectivity index (χ3v) is 5.18. The zero-order valence-electron chi connectivity index (χ0n) is 14.1. The summed E-state index contributed by atoms with van der Waals surface area (Å²) in [6.45, 7) is 1.17. The maximum Gasteiger partial charge on any atom is 0.256 e. The zero-order valence-corrected chi connectivity index (χ0v) is 14.1. The van der Waals surface area contributed by atoms with E-state index in [9.17, 15) is 9.90 Å². The van der Waals surface area contributed by atoms with Crippen molar-refractivity contribution in [1.29, 1.82) is 0 Å². The fourth-order valence-electron chi connectivity index (χ4n) is 3.70. The summed E-state index contributed by atoms with van der Waals surface area (Å²) >= 11 is 0. The van der Waals surface area contributed by atoms with Gasteiger partial charge in [0, 0.05) is 36.6 Å². The van der Waals surface area contributed by atoms with Gasteiger partial charge in [0.15, 0.2) is 0 Å². The number of rotatable bonds is 3. The van der Waals surface area contributed by atoms with Crippen molar-refractivity contribution in [2.24, 2.45) is 0 Å². The number of H-pyrrole nitrogens is 1. The van der Waals surface area contributed by atoms with Crippen LogP contribution in [0.5, 0.6) is 0 Å². The number of carbonyl (C=O) groups excluding carboxylic acids is 1. The Morgan fingerprint density at radius 1 is 1.04 bits per heavy atom. The number of aliphatic hydroxyl groups is 1. The summed E-state index contributed by atoms with van der Waals surface area (Å²) in [6.07, 6.45) is 3.65. The molecule has 1 fully saturated rings. The summed E-state index contributed by atoms with van der Waals surface area (Å²) in [7, 11) is 0. The molecule has 2 N–H and O–H groups in total. The highest BCUT2D eigenvalue weighted by atomic mass is 16.3. The first-order valence-corrected chi connectivity index (χ1v) is 8.76. The van der Waals surface area contributed by atoms with Crippen LogP contribution in [0, 0.1) is 0 Å². The number of aromatic amines is 1. The van der Waals surface area contributed by atoms with Crippen LogP contribution in [-0.4, -0.2) is 39.6 Å². The standard InChI is InChI=1S/C21H22N2O2/c24-20(18-15-22-19-9-5-4-8-17(18)19)23-12-10-21(25,11-13-23)14-16-6-2-1-3-7-16/h1-9,15,22,25H,10-14H2. The third-order valence-electron chi connectivity index (χ3n) is 5.18. The first kappa shape index (κ1) is 15.9. The van der Waals surface area contributed by atoms with E-state index >= 15 is 0 Å². The molecule has 25 heavy (non-hydrogen) atoms. The van der Waals surface area contributed by atoms with Gasteiger partial charge in [-0.15, -0.1) is 0 Å². The van der Waals surface area contributed by atoms with E-state index in [0.29, 0.717) is 37.9 Å². The number of hydrogen-bond acceptors (Lipinski definition) is 2. The molecule has 1 saturated heterocycles. The lowest BCUT2D eigenvalue weighted by Crippen LogP contribution is -2.47. The number of amides is 1. The lowest BCUT2D eigenvalue weighted by Gasteiger charge is -2.38. The molecular formula is C21H22N2O2. The van der Waals surface area contributed by atoms with Gasteiger partial charge >= 0.3 is 0 Å². The summed E-state index contributed by atoms with van der Waals surface area (Å²) in [4.78, 5) is 17.9. The van der Waals surface area contributed by atoms with Crippen molar-refractivity contribution < 1.29 is 9.90 Å². The van der Waals surface area contributed by atoms with Crippen LogP contribution in [0.2, 0.25) is 0 Å². The van der Waals surface area contributed by atoms with Crippen molar-refractivity contribution in [3.63, 3.8) is 0 Å². The van der Waals surface area contributed by atoms with Crippen molar-refractivity contribution in [3.05, 3.63) is 71.9 Å². The molecular weight excluding hydrogens is 312 g/mol. The molecule has 1 aliphatic heterocycles. The minimum absolute atomic E-state index is 0.0409. The first-order valence-electron chi connectivity index (χ1n) is 8.76. The molecule has 0 spiro atoms. The van der Waals surface area contributed by atoms with Crippen LogP contribution in [0.1, 0.15) is 28.8 Å². The van der Waals surface area contributed by atoms with Crippen molar-refractivity contribution in [1.82, 2.24) is 9.88 Å². The monoisotopic (exact) mass is 334 g/mol. The van der Waals surface area contributed by atoms with Gasteiger partial charge in [-0.3, -0.25) is 4.79 Å². The Kier molecular flexibility index (Phi) is 4.06. The van der Waals surface area contributed by atoms with Gasteiger partial charge in [-0.2, -0.15) is 0 Å². The number of carbonyl (C=O) groups is 1. The Labute approximate surface area is 147 Å². The number of piperidine rings is 1. The molecule has 1 aliphatic rings. The van der Waals surface area contributed by atoms with E-state index in [0.717, 1.165) is 16.5 Å². The third kappa shape index (κ3) is 3.17. The fourth-order valence-corrected chi connectivity index (χ4v) is 3.70. The van der Waals surface area contributed by atoms with Crippen LogP contribution < -0.4 is 0 Å². The van der Waals surface area contributed by atoms with Crippen molar-refractivity contribution in [2.75, 3.05) is 13.1 Å². The van der Waals surface area contributed by atoms with Crippen LogP contribution >= 0.6 is 0 Å². The van der Waals surface area contributed by atoms with Gasteiger partial charge in [-0.1, -0.05) is 48.5 Å². The highest BCUT2D eigenvalue weighted by molar-refractivity contribution is 6.06. The van der Waals surface area contributed by atoms with Crippen LogP contribution in [-0.2, 0) is 6.42 Å². The van der Waals surface area contributed by atoms with E-state index in [2.05, 4.69) is 4.98 Å². The molecule has 4 heteroatoms. The van der Waals surface area contributed by atoms with Crippen molar-refractivity contribution >= 4 is 16.8 Å². The van der Waals surface area contributed by atoms with Gasteiger partial charge in [-0.25, -0.2) is 0 Å². The average molecular weight is 334 g/mol. The summed E-state index contributed by atoms with van der Waals surface area (Å²) < 4.78 is 0. The van der Waals surface area contributed by atoms with E-state index < -0.39 is 5.60 Å². The minimum atomic E-state index is -0.724. The maximum absolute atomic E-state index is 12.9. The number of likely N-dealkylation sites (tertiary alicyclic amines) is 1. The largest absolute Gasteiger partial charge is 0.389 e. The number of nitrogens with zero attached hydrogens (tertiary/aromatic N) is 1. The Balaban J connectivity index is 1.45. The zero-order chi connectivity index (χ0) is 17.3. The molecule has 0 saturated carbocycles. The smallest absolute Gasteiger partial charge is 0.256 e. The molecule has 128 valence electrons. The number of nitrogens with one attached hydrogen (secondary N) is 1. The summed E-state index contributed by atoms with van der Waals surface area (Å²) in [6, 6.07) is 17.9. The average Bonchev–Trinajstić information content (AvgIpc) is 3.06. The molecule has 0 atom stereocenters. The van der Waals surface area contributed by atoms with Crippen LogP contribution in [0.3, 0.4) is 0 Å². The SMILES string of the molecule is O=C(c1c[nH]c2ccccc12)N1CCC(O)(Cc2ccccc2)CC1. The van der Waals surface area contributed by atoms with Gasteiger partial charge in [0.05, 0.1) is 11.2 Å². The summed E-state index contributed by atoms with van der Waals surface area (Å²) in [5.41, 5.74) is 2.10. The van der Waals surface area contributed by atoms with Gasteiger partial charge in [0.1, 0.15) is 0 Å². The van der Waals surface area contributed by atoms with E-state index in [4.69, 9.17) is 0 Å². The minimum Gasteiger partial charge on any atom is -0.389 e. The first-order chi connectivity index (χ1) is 12.1. The second-order valence-electron chi connectivity index (χ2n) is 6.93. The Morgan fingerprint density at radius 2 is 1.72 bits per heavy atom. The molecule has 0 radical (unpaired) electrons. The highest BCUT2D eigenvalue weighted by Crippen LogP contribution is 2.28. The van der Waals surface area contributed by atoms with E-state index in [1.54, 1.807) is 6.20 Å². The molecule has 0 bridgehead atoms. The number of para-hydroxylation sites is 1. The Morgan fingerprint density at radius 3 is 2.48 bits per heavy atom. The van der Waals surface area contributed by atoms with Gasteiger partial charge < -0.3 is 15.0 Å². The quantitative estimate of drug-likeness (QED) is 0.771. The molecule has 4 nitrogen and oxygen atoms in total. The molecule has 2 heterocycles. The molecule has 0 unspecified atom stereocenters. The van der Waals surface area contributed by atoms with Gasteiger partial charge in [0.25, 0.3) is 5.91 Å². The predicted octanol–water partition coefficient (Wildman–Crippen LogP) is 3.38. The Hall–Kier alpha value is -2.59.